The van der Waals surface area contributed by atoms with Gasteiger partial charge in [-0.15, -0.1) is 0 Å². The Morgan fingerprint density at radius 3 is 2.27 bits per heavy atom. The molecule has 1 heterocycles. The molecule has 0 unspecified atom stereocenters. The molecule has 0 saturated heterocycles. The van der Waals surface area contributed by atoms with Crippen LogP contribution in [0.4, 0.5) is 0 Å². The Hall–Kier alpha value is -2.83. The first kappa shape index (κ1) is 18.0. The third-order valence-corrected chi connectivity index (χ3v) is 4.98. The zero-order chi connectivity index (χ0) is 18.6. The normalized spacial score (nSPS) is 11.3. The topological polar surface area (TPSA) is 75.3 Å². The summed E-state index contributed by atoms with van der Waals surface area (Å²) in [5.41, 5.74) is 1.80. The van der Waals surface area contributed by atoms with Gasteiger partial charge in [-0.05, 0) is 17.7 Å². The van der Waals surface area contributed by atoms with Crippen molar-refractivity contribution in [3.8, 4) is 0 Å². The molecule has 1 aromatic heterocycles. The van der Waals surface area contributed by atoms with Gasteiger partial charge in [-0.25, -0.2) is 0 Å². The number of rotatable bonds is 6. The van der Waals surface area contributed by atoms with Gasteiger partial charge >= 0.3 is 0 Å². The molecule has 5 nitrogen and oxygen atoms in total. The fourth-order valence-electron chi connectivity index (χ4n) is 2.81. The van der Waals surface area contributed by atoms with Crippen molar-refractivity contribution in [2.24, 2.45) is 0 Å². The van der Waals surface area contributed by atoms with Crippen LogP contribution >= 0.6 is 0 Å². The van der Waals surface area contributed by atoms with E-state index in [1.807, 2.05) is 30.3 Å². The van der Waals surface area contributed by atoms with Crippen molar-refractivity contribution in [2.45, 2.75) is 17.9 Å². The maximum atomic E-state index is 12.7. The number of carbonyl (C=O) groups excluding carboxylic acids is 1. The molecule has 132 valence electrons. The van der Waals surface area contributed by atoms with E-state index in [9.17, 15) is 17.8 Å². The van der Waals surface area contributed by atoms with Gasteiger partial charge in [-0.3, -0.25) is 9.35 Å². The van der Waals surface area contributed by atoms with Crippen LogP contribution in [0.25, 0.3) is 0 Å². The molecule has 0 aliphatic rings. The minimum absolute atomic E-state index is 0.0684. The van der Waals surface area contributed by atoms with Crippen molar-refractivity contribution >= 4 is 15.9 Å². The Bertz CT molecular complexity index is 1030. The highest BCUT2D eigenvalue weighted by Gasteiger charge is 2.22. The molecule has 0 saturated carbocycles. The van der Waals surface area contributed by atoms with Gasteiger partial charge in [0.05, 0.1) is 0 Å². The summed E-state index contributed by atoms with van der Waals surface area (Å²) in [4.78, 5) is 12.6. The Labute approximate surface area is 152 Å². The van der Waals surface area contributed by atoms with E-state index in [1.54, 1.807) is 47.2 Å². The zero-order valence-corrected chi connectivity index (χ0v) is 14.8. The van der Waals surface area contributed by atoms with Gasteiger partial charge in [-0.2, -0.15) is 13.0 Å². The van der Waals surface area contributed by atoms with E-state index in [0.717, 1.165) is 5.56 Å². The highest BCUT2D eigenvalue weighted by Crippen LogP contribution is 2.15. The summed E-state index contributed by atoms with van der Waals surface area (Å²) < 4.78 is 34.3. The molecule has 3 rings (SSSR count). The molecular weight excluding hydrogens is 350 g/mol. The van der Waals surface area contributed by atoms with Gasteiger partial charge in [0.15, 0.2) is 12.7 Å². The van der Waals surface area contributed by atoms with E-state index in [1.165, 1.54) is 6.07 Å². The van der Waals surface area contributed by atoms with Crippen LogP contribution in [-0.2, 0) is 23.1 Å². The van der Waals surface area contributed by atoms with Gasteiger partial charge < -0.3 is 0 Å². The highest BCUT2D eigenvalue weighted by molar-refractivity contribution is 7.85. The van der Waals surface area contributed by atoms with E-state index >= 15 is 0 Å². The summed E-state index contributed by atoms with van der Waals surface area (Å²) >= 11 is 0. The number of ketones is 1. The van der Waals surface area contributed by atoms with Crippen molar-refractivity contribution in [1.29, 1.82) is 0 Å². The second-order valence-electron chi connectivity index (χ2n) is 5.88. The van der Waals surface area contributed by atoms with Crippen molar-refractivity contribution in [2.75, 3.05) is 0 Å². The Morgan fingerprint density at radius 2 is 1.54 bits per heavy atom. The summed E-state index contributed by atoms with van der Waals surface area (Å²) in [6.07, 6.45) is 1.98. The van der Waals surface area contributed by atoms with E-state index < -0.39 is 10.1 Å². The predicted molar refractivity (Wildman–Crippen MR) is 96.5 cm³/mol. The lowest BCUT2D eigenvalue weighted by molar-refractivity contribution is -0.690. The van der Waals surface area contributed by atoms with E-state index in [-0.39, 0.29) is 23.6 Å². The first-order chi connectivity index (χ1) is 12.4. The molecular formula is C20H18NO4S+. The fraction of sp³-hybridized carbons (Fsp3) is 0.100. The molecule has 0 aliphatic heterocycles. The number of carbonyl (C=O) groups is 1. The molecule has 0 fully saturated rings. The molecule has 0 bridgehead atoms. The molecule has 0 aliphatic carbocycles. The maximum Gasteiger partial charge on any atom is 0.295 e. The molecule has 26 heavy (non-hydrogen) atoms. The second kappa shape index (κ2) is 7.59. The van der Waals surface area contributed by atoms with Crippen LogP contribution in [0.15, 0.2) is 83.9 Å². The van der Waals surface area contributed by atoms with Crippen LogP contribution in [-0.4, -0.2) is 18.8 Å². The Morgan fingerprint density at radius 1 is 0.885 bits per heavy atom. The van der Waals surface area contributed by atoms with Gasteiger partial charge in [0.2, 0.25) is 11.5 Å². The summed E-state index contributed by atoms with van der Waals surface area (Å²) in [5, 5.41) is 0. The molecule has 3 aromatic rings. The van der Waals surface area contributed by atoms with E-state index in [2.05, 4.69) is 0 Å². The van der Waals surface area contributed by atoms with Crippen molar-refractivity contribution in [3.05, 3.63) is 95.8 Å². The first-order valence-corrected chi connectivity index (χ1v) is 9.50. The molecule has 0 spiro atoms. The highest BCUT2D eigenvalue weighted by atomic mass is 32.2. The Kier molecular flexibility index (Phi) is 5.25. The average molecular weight is 368 g/mol. The third kappa shape index (κ3) is 4.22. The van der Waals surface area contributed by atoms with Gasteiger partial charge in [0, 0.05) is 24.1 Å². The number of Topliss-reactive ketones (excluding diaryl/α,β-unsaturated/α-hetero) is 1. The minimum atomic E-state index is -4.33. The Balaban J connectivity index is 1.93. The monoisotopic (exact) mass is 368 g/mol. The lowest BCUT2D eigenvalue weighted by atomic mass is 10.1. The quantitative estimate of drug-likeness (QED) is 0.412. The number of nitrogens with zero attached hydrogens (tertiary/aromatic N) is 1. The van der Waals surface area contributed by atoms with Crippen LogP contribution in [0.5, 0.6) is 0 Å². The van der Waals surface area contributed by atoms with Crippen LogP contribution in [0.2, 0.25) is 0 Å². The fourth-order valence-corrected chi connectivity index (χ4v) is 3.52. The van der Waals surface area contributed by atoms with Crippen LogP contribution in [0, 0.1) is 0 Å². The summed E-state index contributed by atoms with van der Waals surface area (Å²) in [6, 6.07) is 20.9. The SMILES string of the molecule is O=C(Cc1ccccc1)c1cccc[n+]1Cc1ccccc1S(=O)(=O)O. The number of hydrogen-bond acceptors (Lipinski definition) is 3. The minimum Gasteiger partial charge on any atom is -0.287 e. The second-order valence-corrected chi connectivity index (χ2v) is 7.27. The summed E-state index contributed by atoms with van der Waals surface area (Å²) in [6.45, 7) is 0.159. The number of benzene rings is 2. The van der Waals surface area contributed by atoms with E-state index in [4.69, 9.17) is 0 Å². The van der Waals surface area contributed by atoms with Crippen molar-refractivity contribution in [1.82, 2.24) is 0 Å². The third-order valence-electron chi connectivity index (χ3n) is 4.03. The van der Waals surface area contributed by atoms with Gasteiger partial charge in [0.25, 0.3) is 10.1 Å². The van der Waals surface area contributed by atoms with Gasteiger partial charge in [0.1, 0.15) is 4.90 Å². The summed E-state index contributed by atoms with van der Waals surface area (Å²) in [7, 11) is -4.33. The van der Waals surface area contributed by atoms with E-state index in [0.29, 0.717) is 11.3 Å². The zero-order valence-electron chi connectivity index (χ0n) is 13.9. The molecule has 2 aromatic carbocycles. The lowest BCUT2D eigenvalue weighted by Gasteiger charge is -2.07. The van der Waals surface area contributed by atoms with Crippen LogP contribution < -0.4 is 4.57 Å². The standard InChI is InChI=1S/C20H17NO4S/c22-19(14-16-8-2-1-3-9-16)18-11-6-7-13-21(18)15-17-10-4-5-12-20(17)26(23,24)25/h1-13H,14-15H2/p+1. The van der Waals surface area contributed by atoms with Gasteiger partial charge in [-0.1, -0.05) is 48.5 Å². The maximum absolute atomic E-state index is 12.7. The molecule has 6 heteroatoms. The molecule has 0 radical (unpaired) electrons. The largest absolute Gasteiger partial charge is 0.295 e. The van der Waals surface area contributed by atoms with Crippen molar-refractivity contribution < 1.29 is 22.3 Å². The molecule has 0 amide bonds. The number of aromatic nitrogens is 1. The first-order valence-electron chi connectivity index (χ1n) is 8.06. The number of hydrogen-bond donors (Lipinski definition) is 1. The van der Waals surface area contributed by atoms with Crippen molar-refractivity contribution in [3.63, 3.8) is 0 Å². The molecule has 0 atom stereocenters. The summed E-state index contributed by atoms with van der Waals surface area (Å²) in [5.74, 6) is -0.0684. The average Bonchev–Trinajstić information content (AvgIpc) is 2.62. The predicted octanol–water partition coefficient (Wildman–Crippen LogP) is 2.69. The van der Waals surface area contributed by atoms with Crippen LogP contribution in [0.3, 0.4) is 0 Å². The van der Waals surface area contributed by atoms with Crippen LogP contribution in [0.1, 0.15) is 21.6 Å². The molecule has 1 N–H and O–H groups in total. The smallest absolute Gasteiger partial charge is 0.287 e. The number of pyridine rings is 1. The lowest BCUT2D eigenvalue weighted by Crippen LogP contribution is -2.41.